The monoisotopic (exact) mass is 371 g/mol. The lowest BCUT2D eigenvalue weighted by molar-refractivity contribution is -0.113. The van der Waals surface area contributed by atoms with Gasteiger partial charge in [0.15, 0.2) is 11.5 Å². The first-order valence-corrected chi connectivity index (χ1v) is 9.06. The molecule has 1 heterocycles. The van der Waals surface area contributed by atoms with E-state index in [0.717, 1.165) is 10.3 Å². The SMILES string of the molecule is O=C(CSc1ccc2ccccc2c1)Nc1cc2c(cc1Cl)OCO2. The van der Waals surface area contributed by atoms with E-state index in [4.69, 9.17) is 21.1 Å². The molecule has 0 fully saturated rings. The molecule has 4 nitrogen and oxygen atoms in total. The molecule has 1 aliphatic rings. The molecule has 0 unspecified atom stereocenters. The van der Waals surface area contributed by atoms with E-state index in [1.54, 1.807) is 12.1 Å². The molecule has 0 saturated carbocycles. The van der Waals surface area contributed by atoms with Gasteiger partial charge in [0.05, 0.1) is 16.5 Å². The molecule has 3 aromatic rings. The quantitative estimate of drug-likeness (QED) is 0.659. The Bertz CT molecular complexity index is 961. The largest absolute Gasteiger partial charge is 0.454 e. The second-order valence-electron chi connectivity index (χ2n) is 5.53. The van der Waals surface area contributed by atoms with Crippen LogP contribution in [0.3, 0.4) is 0 Å². The highest BCUT2D eigenvalue weighted by Gasteiger charge is 2.17. The minimum Gasteiger partial charge on any atom is -0.454 e. The van der Waals surface area contributed by atoms with Crippen LogP contribution < -0.4 is 14.8 Å². The normalized spacial score (nSPS) is 12.4. The van der Waals surface area contributed by atoms with Crippen LogP contribution in [0.2, 0.25) is 5.02 Å². The minimum absolute atomic E-state index is 0.126. The van der Waals surface area contributed by atoms with Crippen molar-refractivity contribution in [2.75, 3.05) is 17.9 Å². The van der Waals surface area contributed by atoms with Crippen LogP contribution in [-0.4, -0.2) is 18.5 Å². The zero-order valence-corrected chi connectivity index (χ0v) is 14.7. The van der Waals surface area contributed by atoms with Crippen molar-refractivity contribution in [2.24, 2.45) is 0 Å². The average molecular weight is 372 g/mol. The van der Waals surface area contributed by atoms with Crippen LogP contribution in [0, 0.1) is 0 Å². The Hall–Kier alpha value is -2.37. The van der Waals surface area contributed by atoms with Crippen molar-refractivity contribution in [3.63, 3.8) is 0 Å². The lowest BCUT2D eigenvalue weighted by Crippen LogP contribution is -2.14. The van der Waals surface area contributed by atoms with Gasteiger partial charge in [-0.15, -0.1) is 11.8 Å². The summed E-state index contributed by atoms with van der Waals surface area (Å²) in [6.45, 7) is 0.168. The summed E-state index contributed by atoms with van der Waals surface area (Å²) >= 11 is 7.66. The second kappa shape index (κ2) is 6.86. The summed E-state index contributed by atoms with van der Waals surface area (Å²) in [7, 11) is 0. The van der Waals surface area contributed by atoms with E-state index in [9.17, 15) is 4.79 Å². The van der Waals surface area contributed by atoms with Crippen molar-refractivity contribution in [3.8, 4) is 11.5 Å². The molecule has 3 aromatic carbocycles. The maximum absolute atomic E-state index is 12.2. The van der Waals surface area contributed by atoms with Crippen LogP contribution in [-0.2, 0) is 4.79 Å². The summed E-state index contributed by atoms with van der Waals surface area (Å²) < 4.78 is 10.6. The van der Waals surface area contributed by atoms with Crippen molar-refractivity contribution in [1.82, 2.24) is 0 Å². The molecule has 0 saturated heterocycles. The first kappa shape index (κ1) is 16.1. The van der Waals surface area contributed by atoms with Gasteiger partial charge in [-0.25, -0.2) is 0 Å². The minimum atomic E-state index is -0.126. The van der Waals surface area contributed by atoms with Gasteiger partial charge in [-0.1, -0.05) is 41.9 Å². The van der Waals surface area contributed by atoms with Crippen LogP contribution in [0.4, 0.5) is 5.69 Å². The van der Waals surface area contributed by atoms with E-state index in [0.29, 0.717) is 28.0 Å². The van der Waals surface area contributed by atoms with E-state index in [2.05, 4.69) is 29.6 Å². The van der Waals surface area contributed by atoms with Gasteiger partial charge in [0.2, 0.25) is 12.7 Å². The van der Waals surface area contributed by atoms with Crippen molar-refractivity contribution < 1.29 is 14.3 Å². The van der Waals surface area contributed by atoms with Gasteiger partial charge in [0, 0.05) is 17.0 Å². The predicted molar refractivity (Wildman–Crippen MR) is 101 cm³/mol. The fraction of sp³-hybridized carbons (Fsp3) is 0.105. The van der Waals surface area contributed by atoms with Gasteiger partial charge in [0.1, 0.15) is 0 Å². The highest BCUT2D eigenvalue weighted by Crippen LogP contribution is 2.39. The van der Waals surface area contributed by atoms with Crippen LogP contribution in [0.15, 0.2) is 59.5 Å². The number of halogens is 1. The first-order chi connectivity index (χ1) is 12.2. The lowest BCUT2D eigenvalue weighted by atomic mass is 10.1. The van der Waals surface area contributed by atoms with E-state index in [1.165, 1.54) is 17.1 Å². The molecule has 25 heavy (non-hydrogen) atoms. The van der Waals surface area contributed by atoms with Gasteiger partial charge >= 0.3 is 0 Å². The van der Waals surface area contributed by atoms with Gasteiger partial charge in [-0.3, -0.25) is 4.79 Å². The summed E-state index contributed by atoms with van der Waals surface area (Å²) in [5.74, 6) is 1.35. The van der Waals surface area contributed by atoms with Gasteiger partial charge in [-0.05, 0) is 22.9 Å². The Morgan fingerprint density at radius 2 is 1.80 bits per heavy atom. The molecule has 1 N–H and O–H groups in total. The van der Waals surface area contributed by atoms with E-state index < -0.39 is 0 Å². The zero-order valence-electron chi connectivity index (χ0n) is 13.1. The third kappa shape index (κ3) is 3.52. The van der Waals surface area contributed by atoms with Gasteiger partial charge in [-0.2, -0.15) is 0 Å². The smallest absolute Gasteiger partial charge is 0.234 e. The molecule has 0 atom stereocenters. The van der Waals surface area contributed by atoms with Gasteiger partial charge < -0.3 is 14.8 Å². The first-order valence-electron chi connectivity index (χ1n) is 7.70. The number of ether oxygens (including phenoxy) is 2. The zero-order chi connectivity index (χ0) is 17.2. The highest BCUT2D eigenvalue weighted by atomic mass is 35.5. The van der Waals surface area contributed by atoms with Crippen molar-refractivity contribution >= 4 is 45.7 Å². The number of carbonyl (C=O) groups is 1. The van der Waals surface area contributed by atoms with Gasteiger partial charge in [0.25, 0.3) is 0 Å². The fourth-order valence-corrected chi connectivity index (χ4v) is 3.55. The Kier molecular flexibility index (Phi) is 4.42. The number of carbonyl (C=O) groups excluding carboxylic acids is 1. The number of thioether (sulfide) groups is 1. The van der Waals surface area contributed by atoms with E-state index in [-0.39, 0.29) is 12.7 Å². The summed E-state index contributed by atoms with van der Waals surface area (Å²) in [4.78, 5) is 13.3. The molecule has 4 rings (SSSR count). The summed E-state index contributed by atoms with van der Waals surface area (Å²) in [5, 5.41) is 5.59. The molecule has 6 heteroatoms. The summed E-state index contributed by atoms with van der Waals surface area (Å²) in [6.07, 6.45) is 0. The highest BCUT2D eigenvalue weighted by molar-refractivity contribution is 8.00. The average Bonchev–Trinajstić information content (AvgIpc) is 3.07. The third-order valence-corrected chi connectivity index (χ3v) is 5.13. The van der Waals surface area contributed by atoms with Crippen molar-refractivity contribution in [3.05, 3.63) is 59.6 Å². The molecular weight excluding hydrogens is 358 g/mol. The number of hydrogen-bond donors (Lipinski definition) is 1. The molecular formula is C19H14ClNO3S. The molecule has 0 bridgehead atoms. The number of rotatable bonds is 4. The van der Waals surface area contributed by atoms with Crippen LogP contribution in [0.1, 0.15) is 0 Å². The lowest BCUT2D eigenvalue weighted by Gasteiger charge is -2.09. The molecule has 0 aliphatic carbocycles. The fourth-order valence-electron chi connectivity index (χ4n) is 2.61. The molecule has 0 radical (unpaired) electrons. The predicted octanol–water partition coefficient (Wildman–Crippen LogP) is 4.95. The topological polar surface area (TPSA) is 47.6 Å². The van der Waals surface area contributed by atoms with Crippen molar-refractivity contribution in [1.29, 1.82) is 0 Å². The second-order valence-corrected chi connectivity index (χ2v) is 6.99. The number of nitrogens with one attached hydrogen (secondary N) is 1. The maximum Gasteiger partial charge on any atom is 0.234 e. The number of amides is 1. The standard InChI is InChI=1S/C19H14ClNO3S/c20-15-8-17-18(24-11-23-17)9-16(15)21-19(22)10-25-14-6-5-12-3-1-2-4-13(12)7-14/h1-9H,10-11H2,(H,21,22). The van der Waals surface area contributed by atoms with E-state index in [1.807, 2.05) is 18.2 Å². The van der Waals surface area contributed by atoms with Crippen LogP contribution in [0.25, 0.3) is 10.8 Å². The molecule has 1 amide bonds. The Morgan fingerprint density at radius 3 is 2.64 bits per heavy atom. The van der Waals surface area contributed by atoms with Crippen molar-refractivity contribution in [2.45, 2.75) is 4.90 Å². The Morgan fingerprint density at radius 1 is 1.04 bits per heavy atom. The van der Waals surface area contributed by atoms with Crippen LogP contribution >= 0.6 is 23.4 Å². The molecule has 0 aromatic heterocycles. The molecule has 0 spiro atoms. The number of fused-ring (bicyclic) bond motifs is 2. The number of hydrogen-bond acceptors (Lipinski definition) is 4. The summed E-state index contributed by atoms with van der Waals surface area (Å²) in [6, 6.07) is 17.6. The Balaban J connectivity index is 1.42. The number of benzene rings is 3. The molecule has 1 aliphatic heterocycles. The van der Waals surface area contributed by atoms with E-state index >= 15 is 0 Å². The summed E-state index contributed by atoms with van der Waals surface area (Å²) in [5.41, 5.74) is 0.523. The molecule has 126 valence electrons. The Labute approximate surface area is 154 Å². The maximum atomic E-state index is 12.2. The van der Waals surface area contributed by atoms with Crippen LogP contribution in [0.5, 0.6) is 11.5 Å². The third-order valence-electron chi connectivity index (χ3n) is 3.83. The number of anilines is 1.